The molecule has 5 aromatic rings. The van der Waals surface area contributed by atoms with Gasteiger partial charge < -0.3 is 56.1 Å². The third-order valence-corrected chi connectivity index (χ3v) is 18.5. The molecule has 6 aliphatic heterocycles. The number of nitrogens with one attached hydrogen (secondary N) is 6. The number of ether oxygens (including phenoxy) is 4. The molecule has 0 aromatic heterocycles. The van der Waals surface area contributed by atoms with E-state index in [9.17, 15) is 60.0 Å². The summed E-state index contributed by atoms with van der Waals surface area (Å²) < 4.78 is 25.1. The van der Waals surface area contributed by atoms with Gasteiger partial charge in [0.2, 0.25) is 35.7 Å². The van der Waals surface area contributed by atoms with Crippen molar-refractivity contribution in [1.82, 2.24) is 36.8 Å². The van der Waals surface area contributed by atoms with Crippen LogP contribution in [0, 0.1) is 26.7 Å². The van der Waals surface area contributed by atoms with Gasteiger partial charge in [0.15, 0.2) is 5.75 Å². The summed E-state index contributed by atoms with van der Waals surface area (Å²) in [6.07, 6.45) is -11.9. The molecule has 0 unspecified atom stereocenters. The summed E-state index contributed by atoms with van der Waals surface area (Å²) in [7, 11) is 3.28. The summed E-state index contributed by atoms with van der Waals surface area (Å²) in [5, 5.41) is 106. The van der Waals surface area contributed by atoms with Crippen molar-refractivity contribution >= 4 is 95.7 Å². The van der Waals surface area contributed by atoms with Crippen LogP contribution in [0.5, 0.6) is 46.0 Å². The molecule has 0 spiro atoms. The molecule has 0 radical (unpaired) electrons. The number of rotatable bonds is 11. The summed E-state index contributed by atoms with van der Waals surface area (Å²) >= 11 is -0.894. The third kappa shape index (κ3) is 14.7. The van der Waals surface area contributed by atoms with Crippen molar-refractivity contribution in [3.05, 3.63) is 117 Å². The van der Waals surface area contributed by atoms with E-state index in [0.717, 1.165) is 12.1 Å². The number of carbonyl (C=O) groups is 8. The van der Waals surface area contributed by atoms with Crippen molar-refractivity contribution in [2.45, 2.75) is 139 Å². The molecule has 0 saturated carbocycles. The van der Waals surface area contributed by atoms with E-state index in [4.69, 9.17) is 24.7 Å². The van der Waals surface area contributed by atoms with Gasteiger partial charge in [0.05, 0.1) is 19.1 Å². The van der Waals surface area contributed by atoms with Crippen LogP contribution < -0.4 is 51.8 Å². The molecule has 7 amide bonds. The summed E-state index contributed by atoms with van der Waals surface area (Å²) in [6, 6.07) is 3.76. The first-order valence-electron chi connectivity index (χ1n) is 29.9. The van der Waals surface area contributed by atoms with Crippen molar-refractivity contribution < 1.29 is 98.2 Å². The van der Waals surface area contributed by atoms with Crippen molar-refractivity contribution in [3.63, 3.8) is 0 Å². The third-order valence-electron chi connectivity index (χ3n) is 17.1. The molecule has 5 aromatic carbocycles. The first-order chi connectivity index (χ1) is 43.9. The molecule has 1 saturated heterocycles. The van der Waals surface area contributed by atoms with E-state index in [1.54, 1.807) is 51.9 Å². The second kappa shape index (κ2) is 28.5. The zero-order valence-electron chi connectivity index (χ0n) is 52.2. The molecule has 93 heavy (non-hydrogen) atoms. The Balaban J connectivity index is 1.33. The molecular weight excluding hydrogens is 1290 g/mol. The van der Waals surface area contributed by atoms with E-state index in [0.29, 0.717) is 17.5 Å². The maximum absolute atomic E-state index is 16.0. The number of hydrogen-bond acceptors (Lipinski definition) is 21. The number of carbonyl (C=O) groups excluding carboxylic acids is 8. The molecule has 490 valence electrons. The van der Waals surface area contributed by atoms with Gasteiger partial charge in [-0.3, -0.25) is 24.1 Å². The molecule has 1 fully saturated rings. The van der Waals surface area contributed by atoms with Crippen LogP contribution in [0.3, 0.4) is 0 Å². The SMILES string of the molecule is Cc1cc2ccc1Oc1cc3cc(c1O[C@@H]1O[C@H](CO)[C@@H](O)[C@H](O)[C@H]1O)Oc1ccc(cc1C)[C@@H](O)[C@@H](NC(=O)[C@@H](CC(C)C)N(C)C)C(=O)N[C@@H](CC(N)=O)C(=O)N[C@H]3C(=O)N[C@H]1C(=O)N[C@H](C(=O)N[C@@H]([C](=O)[Rb])c3cc(O)c(C)c(O)c3-c3cc1ccc3O)[C@@H]2C. The summed E-state index contributed by atoms with van der Waals surface area (Å²) in [5.74, 6) is -11.7. The van der Waals surface area contributed by atoms with E-state index in [1.807, 2.05) is 13.8 Å². The Hall–Kier alpha value is -7.61. The van der Waals surface area contributed by atoms with E-state index in [1.165, 1.54) is 55.5 Å². The first kappa shape index (κ1) is 69.7. The number of benzene rings is 5. The summed E-state index contributed by atoms with van der Waals surface area (Å²) in [4.78, 5) is 119. The number of fused-ring (bicyclic) bond motifs is 15. The number of phenolic OH excluding ortho intramolecular Hbond substituents is 3. The van der Waals surface area contributed by atoms with Crippen LogP contribution in [0.2, 0.25) is 0 Å². The van der Waals surface area contributed by atoms with Crippen LogP contribution in [-0.2, 0) is 43.1 Å². The predicted octanol–water partition coefficient (Wildman–Crippen LogP) is 0.510. The monoisotopic (exact) mass is 1360 g/mol. The molecule has 29 heteroatoms. The topological polar surface area (TPSA) is 437 Å². The Morgan fingerprint density at radius 1 is 0.688 bits per heavy atom. The molecule has 6 aliphatic rings. The average Bonchev–Trinajstić information content (AvgIpc) is 0.808. The molecule has 14 atom stereocenters. The summed E-state index contributed by atoms with van der Waals surface area (Å²) in [6.45, 7) is 8.97. The maximum atomic E-state index is 16.0. The number of likely N-dealkylation sites (N-methyl/N-ethyl adjacent to an activating group) is 1. The molecule has 11 bridgehead atoms. The number of primary amides is 1. The Morgan fingerprint density at radius 2 is 1.28 bits per heavy atom. The van der Waals surface area contributed by atoms with Crippen molar-refractivity contribution in [2.75, 3.05) is 20.7 Å². The average molecular weight is 1360 g/mol. The van der Waals surface area contributed by atoms with Gasteiger partial charge in [-0.15, -0.1) is 0 Å². The normalized spacial score (nSPS) is 26.0. The van der Waals surface area contributed by atoms with Crippen LogP contribution in [0.1, 0.15) is 108 Å². The van der Waals surface area contributed by atoms with Crippen LogP contribution in [0.25, 0.3) is 11.1 Å². The Kier molecular flexibility index (Phi) is 21.4. The number of aromatic hydroxyl groups is 3. The van der Waals surface area contributed by atoms with Gasteiger partial charge in [-0.05, 0) is 68.8 Å². The van der Waals surface area contributed by atoms with Gasteiger partial charge in [-0.25, -0.2) is 0 Å². The number of nitrogens with two attached hydrogens (primary N) is 1. The molecule has 16 N–H and O–H groups in total. The van der Waals surface area contributed by atoms with Gasteiger partial charge in [0, 0.05) is 0 Å². The van der Waals surface area contributed by atoms with Crippen molar-refractivity contribution in [1.29, 1.82) is 0 Å². The first-order valence-corrected chi connectivity index (χ1v) is 32.4. The Morgan fingerprint density at radius 3 is 1.87 bits per heavy atom. The van der Waals surface area contributed by atoms with Crippen LogP contribution in [-0.4, -0.2) is 217 Å². The van der Waals surface area contributed by atoms with Crippen LogP contribution in [0.4, 0.5) is 0 Å². The standard InChI is InChI=1S/C64H73N8O20.Rb/c1-25(2)15-38(72(7)8)59(84)71-51-53(79)32-11-14-42(27(4)17-32)90-44-20-33-19-43(57(44)92-64-56(82)55(81)54(80)45(24-74)91-64)89-41-13-10-30(16-26(41)3)28(5)48-60(85)67-37(23-73)34-21-40(76)29(6)52(78)47(34)35-18-31(9-12-39(35)75)49(61(86)68-48)70-62(87)50(33)69-58(83)36(22-46(65)77)66-63(51)88;/h9-14,16-21,25,28,36-38,45,48-51,53-56,64,74-76,78-82H,15,22,24H2,1-8H3,(H2,65,77)(H,66,88)(H,67,85)(H,68,86)(H,69,83)(H,70,87)(H,71,84);/t28-,36+,37+,38-,45-,48+,49-,50-,51-,53-,54-,55+,56-,64+;/m1./s1. The number of aliphatic hydroxyl groups excluding tert-OH is 5. The fourth-order valence-electron chi connectivity index (χ4n) is 11.8. The quantitative estimate of drug-likeness (QED) is 0.0856. The van der Waals surface area contributed by atoms with Crippen LogP contribution in [0.15, 0.2) is 72.8 Å². The Bertz CT molecular complexity index is 3810. The molecule has 0 aliphatic carbocycles. The number of phenols is 3. The van der Waals surface area contributed by atoms with Crippen molar-refractivity contribution in [2.24, 2.45) is 11.7 Å². The number of nitrogens with zero attached hydrogens (tertiary/aromatic N) is 1. The molecule has 28 nitrogen and oxygen atoms in total. The molecular formula is C64H73N8O20Rb. The van der Waals surface area contributed by atoms with Gasteiger partial charge >= 0.3 is 299 Å². The van der Waals surface area contributed by atoms with Crippen LogP contribution >= 0.6 is 0 Å². The minimum absolute atomic E-state index is 0.0273. The minimum atomic E-state index is -2.16. The van der Waals surface area contributed by atoms with Gasteiger partial charge in [-0.2, -0.15) is 0 Å². The van der Waals surface area contributed by atoms with E-state index >= 15 is 19.2 Å². The van der Waals surface area contributed by atoms with E-state index < -0.39 is 228 Å². The number of aryl methyl sites for hydroxylation is 2. The van der Waals surface area contributed by atoms with Gasteiger partial charge in [0.25, 0.3) is 0 Å². The van der Waals surface area contributed by atoms with Crippen molar-refractivity contribution in [3.8, 4) is 57.1 Å². The second-order valence-corrected chi connectivity index (χ2v) is 26.9. The fourth-order valence-corrected chi connectivity index (χ4v) is 12.9. The Labute approximate surface area is 572 Å². The van der Waals surface area contributed by atoms with E-state index in [-0.39, 0.29) is 61.9 Å². The zero-order valence-corrected chi connectivity index (χ0v) is 57.1. The molecule has 11 rings (SSSR count). The number of hydrogen-bond donors (Lipinski definition) is 15. The van der Waals surface area contributed by atoms with Gasteiger partial charge in [0.1, 0.15) is 48.4 Å². The number of amides is 7. The van der Waals surface area contributed by atoms with E-state index in [2.05, 4.69) is 31.9 Å². The predicted molar refractivity (Wildman–Crippen MR) is 328 cm³/mol. The fraction of sp³-hybridized carbons (Fsp3) is 0.406. The molecule has 6 heterocycles. The number of aliphatic hydroxyl groups is 5. The van der Waals surface area contributed by atoms with Gasteiger partial charge in [-0.1, -0.05) is 19.9 Å². The second-order valence-electron chi connectivity index (χ2n) is 24.5. The zero-order chi connectivity index (χ0) is 67.9. The summed E-state index contributed by atoms with van der Waals surface area (Å²) in [5.41, 5.74) is 5.60.